The van der Waals surface area contributed by atoms with Crippen molar-refractivity contribution in [2.75, 3.05) is 24.2 Å². The number of amides is 1. The molecule has 6 rings (SSSR count). The van der Waals surface area contributed by atoms with E-state index in [-0.39, 0.29) is 29.6 Å². The molecular weight excluding hydrogens is 544 g/mol. The number of nitrogens with zero attached hydrogens (tertiary/aromatic N) is 5. The lowest BCUT2D eigenvalue weighted by molar-refractivity contribution is -0.00571. The fourth-order valence-electron chi connectivity index (χ4n) is 4.99. The zero-order valence-corrected chi connectivity index (χ0v) is 23.6. The van der Waals surface area contributed by atoms with E-state index >= 15 is 0 Å². The molecule has 1 aliphatic rings. The standard InChI is InChI=1S/C29H28N6O5S/c1-17-14-35(15-18(2)40-17)29-30-9-8-24(34-29)23-6-4-20-12-31-21(11-25(20)33-23)13-32-28(36)19-5-7-26-22(10-19)27(16-39-26)41(3,37)38/h4-12,16-18H,13-15H2,1-3H3,(H,32,36)/t17-,18+. The number of carbonyl (C=O) groups is 1. The molecule has 0 saturated carbocycles. The minimum absolute atomic E-state index is 0.0464. The predicted molar refractivity (Wildman–Crippen MR) is 153 cm³/mol. The molecule has 0 radical (unpaired) electrons. The van der Waals surface area contributed by atoms with Crippen molar-refractivity contribution in [3.63, 3.8) is 0 Å². The van der Waals surface area contributed by atoms with Crippen LogP contribution in [0.5, 0.6) is 0 Å². The van der Waals surface area contributed by atoms with Gasteiger partial charge in [0, 0.05) is 48.1 Å². The van der Waals surface area contributed by atoms with Gasteiger partial charge in [-0.15, -0.1) is 0 Å². The molecule has 4 aromatic heterocycles. The first kappa shape index (κ1) is 26.8. The number of carbonyl (C=O) groups excluding carboxylic acids is 1. The van der Waals surface area contributed by atoms with Crippen molar-refractivity contribution in [1.29, 1.82) is 0 Å². The van der Waals surface area contributed by atoms with Crippen molar-refractivity contribution in [1.82, 2.24) is 25.3 Å². The monoisotopic (exact) mass is 572 g/mol. The third-order valence-electron chi connectivity index (χ3n) is 6.87. The molecule has 0 aliphatic carbocycles. The maximum atomic E-state index is 12.9. The summed E-state index contributed by atoms with van der Waals surface area (Å²) in [7, 11) is -3.50. The van der Waals surface area contributed by atoms with Gasteiger partial charge >= 0.3 is 0 Å². The van der Waals surface area contributed by atoms with Gasteiger partial charge in [-0.2, -0.15) is 0 Å². The fraction of sp³-hybridized carbons (Fsp3) is 0.276. The number of fused-ring (bicyclic) bond motifs is 2. The summed E-state index contributed by atoms with van der Waals surface area (Å²) in [5.41, 5.74) is 3.45. The zero-order valence-electron chi connectivity index (χ0n) is 22.7. The van der Waals surface area contributed by atoms with Gasteiger partial charge in [-0.25, -0.2) is 23.4 Å². The lowest BCUT2D eigenvalue weighted by Crippen LogP contribution is -2.46. The molecule has 1 aliphatic heterocycles. The Kier molecular flexibility index (Phi) is 6.88. The van der Waals surface area contributed by atoms with Gasteiger partial charge in [-0.1, -0.05) is 0 Å². The second-order valence-electron chi connectivity index (χ2n) is 10.2. The van der Waals surface area contributed by atoms with Crippen molar-refractivity contribution in [3.05, 3.63) is 72.4 Å². The number of hydrogen-bond acceptors (Lipinski definition) is 10. The Morgan fingerprint density at radius 2 is 1.80 bits per heavy atom. The molecule has 1 aromatic carbocycles. The summed E-state index contributed by atoms with van der Waals surface area (Å²) >= 11 is 0. The number of benzene rings is 1. The topological polar surface area (TPSA) is 140 Å². The smallest absolute Gasteiger partial charge is 0.251 e. The Morgan fingerprint density at radius 1 is 1.02 bits per heavy atom. The van der Waals surface area contributed by atoms with Gasteiger partial charge in [-0.05, 0) is 56.3 Å². The van der Waals surface area contributed by atoms with Gasteiger partial charge in [-0.3, -0.25) is 9.78 Å². The van der Waals surface area contributed by atoms with E-state index in [1.165, 1.54) is 12.3 Å². The van der Waals surface area contributed by atoms with Gasteiger partial charge in [0.15, 0.2) is 9.84 Å². The number of sulfone groups is 1. The van der Waals surface area contributed by atoms with Crippen molar-refractivity contribution >= 4 is 43.6 Å². The summed E-state index contributed by atoms with van der Waals surface area (Å²) in [5.74, 6) is 0.276. The van der Waals surface area contributed by atoms with Crippen LogP contribution in [0.3, 0.4) is 0 Å². The van der Waals surface area contributed by atoms with E-state index in [1.54, 1.807) is 24.5 Å². The number of ether oxygens (including phenoxy) is 1. The largest absolute Gasteiger partial charge is 0.463 e. The Bertz CT molecular complexity index is 1880. The van der Waals surface area contributed by atoms with E-state index in [4.69, 9.17) is 19.1 Å². The average molecular weight is 573 g/mol. The molecule has 0 bridgehead atoms. The number of pyridine rings is 2. The molecule has 0 unspecified atom stereocenters. The van der Waals surface area contributed by atoms with Crippen LogP contribution >= 0.6 is 0 Å². The number of furan rings is 1. The average Bonchev–Trinajstić information content (AvgIpc) is 3.39. The lowest BCUT2D eigenvalue weighted by Gasteiger charge is -2.35. The summed E-state index contributed by atoms with van der Waals surface area (Å²) in [6.07, 6.45) is 5.93. The van der Waals surface area contributed by atoms with Crippen molar-refractivity contribution in [2.45, 2.75) is 37.5 Å². The molecule has 1 fully saturated rings. The van der Waals surface area contributed by atoms with E-state index in [1.807, 2.05) is 38.1 Å². The molecule has 11 nitrogen and oxygen atoms in total. The van der Waals surface area contributed by atoms with E-state index in [0.717, 1.165) is 11.6 Å². The molecule has 210 valence electrons. The first-order valence-electron chi connectivity index (χ1n) is 13.1. The molecule has 5 aromatic rings. The summed E-state index contributed by atoms with van der Waals surface area (Å²) in [6, 6.07) is 12.2. The minimum atomic E-state index is -3.50. The van der Waals surface area contributed by atoms with E-state index in [2.05, 4.69) is 20.2 Å². The second kappa shape index (κ2) is 10.5. The van der Waals surface area contributed by atoms with Crippen LogP contribution in [0.4, 0.5) is 5.95 Å². The van der Waals surface area contributed by atoms with Gasteiger partial charge in [0.1, 0.15) is 16.7 Å². The second-order valence-corrected chi connectivity index (χ2v) is 12.2. The molecule has 0 spiro atoms. The highest BCUT2D eigenvalue weighted by molar-refractivity contribution is 7.91. The van der Waals surface area contributed by atoms with Crippen LogP contribution in [0.2, 0.25) is 0 Å². The molecule has 1 N–H and O–H groups in total. The van der Waals surface area contributed by atoms with Gasteiger partial charge in [0.2, 0.25) is 5.95 Å². The van der Waals surface area contributed by atoms with Crippen molar-refractivity contribution < 1.29 is 22.4 Å². The van der Waals surface area contributed by atoms with Crippen LogP contribution in [0.1, 0.15) is 29.9 Å². The summed E-state index contributed by atoms with van der Waals surface area (Å²) in [6.45, 7) is 5.67. The maximum Gasteiger partial charge on any atom is 0.251 e. The van der Waals surface area contributed by atoms with Crippen LogP contribution in [-0.4, -0.2) is 65.8 Å². The Balaban J connectivity index is 1.20. The third kappa shape index (κ3) is 5.61. The zero-order chi connectivity index (χ0) is 28.7. The molecule has 2 atom stereocenters. The van der Waals surface area contributed by atoms with Crippen molar-refractivity contribution in [3.8, 4) is 11.4 Å². The number of anilines is 1. The third-order valence-corrected chi connectivity index (χ3v) is 7.98. The maximum absolute atomic E-state index is 12.9. The van der Waals surface area contributed by atoms with Gasteiger partial charge in [0.25, 0.3) is 5.91 Å². The number of aromatic nitrogens is 4. The summed E-state index contributed by atoms with van der Waals surface area (Å²) in [5, 5.41) is 4.07. The quantitative estimate of drug-likeness (QED) is 0.320. The van der Waals surface area contributed by atoms with E-state index in [9.17, 15) is 13.2 Å². The summed E-state index contributed by atoms with van der Waals surface area (Å²) < 4.78 is 35.3. The first-order chi connectivity index (χ1) is 19.6. The highest BCUT2D eigenvalue weighted by atomic mass is 32.2. The molecule has 1 amide bonds. The van der Waals surface area contributed by atoms with Crippen LogP contribution < -0.4 is 10.2 Å². The van der Waals surface area contributed by atoms with Crippen LogP contribution in [0.25, 0.3) is 33.3 Å². The Hall–Kier alpha value is -4.42. The fourth-order valence-corrected chi connectivity index (χ4v) is 5.77. The Labute approximate surface area is 236 Å². The van der Waals surface area contributed by atoms with E-state index in [0.29, 0.717) is 58.2 Å². The predicted octanol–water partition coefficient (Wildman–Crippen LogP) is 3.78. The molecule has 1 saturated heterocycles. The Morgan fingerprint density at radius 3 is 2.59 bits per heavy atom. The highest BCUT2D eigenvalue weighted by Crippen LogP contribution is 2.27. The van der Waals surface area contributed by atoms with E-state index < -0.39 is 9.84 Å². The van der Waals surface area contributed by atoms with Crippen molar-refractivity contribution in [2.24, 2.45) is 0 Å². The van der Waals surface area contributed by atoms with Gasteiger partial charge < -0.3 is 19.4 Å². The normalized spacial score (nSPS) is 17.7. The highest BCUT2D eigenvalue weighted by Gasteiger charge is 2.24. The summed E-state index contributed by atoms with van der Waals surface area (Å²) in [4.78, 5) is 33.6. The van der Waals surface area contributed by atoms with Crippen LogP contribution in [0.15, 0.2) is 70.4 Å². The van der Waals surface area contributed by atoms with Crippen LogP contribution in [0, 0.1) is 0 Å². The minimum Gasteiger partial charge on any atom is -0.463 e. The van der Waals surface area contributed by atoms with Crippen LogP contribution in [-0.2, 0) is 21.1 Å². The number of nitrogens with one attached hydrogen (secondary N) is 1. The lowest BCUT2D eigenvalue weighted by atomic mass is 10.1. The first-order valence-corrected chi connectivity index (χ1v) is 15.0. The molecular formula is C29H28N6O5S. The number of hydrogen-bond donors (Lipinski definition) is 1. The SMILES string of the molecule is C[C@@H]1CN(c2nccc(-c3ccc4cnc(CNC(=O)c5ccc6occ(S(C)(=O)=O)c6c5)cc4n3)n2)C[C@H](C)O1. The molecule has 41 heavy (non-hydrogen) atoms. The number of morpholine rings is 1. The van der Waals surface area contributed by atoms with Gasteiger partial charge in [0.05, 0.1) is 41.4 Å². The number of rotatable bonds is 6. The molecule has 12 heteroatoms. The molecule has 5 heterocycles.